The van der Waals surface area contributed by atoms with E-state index in [1.165, 1.54) is 0 Å². The van der Waals surface area contributed by atoms with Crippen molar-refractivity contribution in [1.29, 1.82) is 0 Å². The summed E-state index contributed by atoms with van der Waals surface area (Å²) in [5.74, 6) is 0. The molecule has 2 heterocycles. The molecule has 0 fully saturated rings. The monoisotopic (exact) mass is 290 g/mol. The average molecular weight is 290 g/mol. The minimum absolute atomic E-state index is 0.0376. The van der Waals surface area contributed by atoms with Crippen molar-refractivity contribution in [3.63, 3.8) is 0 Å². The fraction of sp³-hybridized carbons (Fsp3) is 0.385. The van der Waals surface area contributed by atoms with Crippen molar-refractivity contribution in [1.82, 2.24) is 4.78 Å². The lowest BCUT2D eigenvalue weighted by Crippen LogP contribution is -2.18. The molecule has 7 heteroatoms. The molecular weight excluding hydrogens is 275 g/mol. The molecule has 104 valence electrons. The molecule has 0 spiro atoms. The van der Waals surface area contributed by atoms with Crippen LogP contribution >= 0.6 is 8.07 Å². The van der Waals surface area contributed by atoms with Gasteiger partial charge in [0.15, 0.2) is 0 Å². The zero-order valence-corrected chi connectivity index (χ0v) is 12.4. The molecule has 0 amide bonds. The Kier molecular flexibility index (Phi) is 3.05. The Morgan fingerprint density at radius 2 is 1.95 bits per heavy atom. The van der Waals surface area contributed by atoms with E-state index in [1.807, 2.05) is 30.9 Å². The minimum Gasteiger partial charge on any atom is -0.278 e. The molecule has 3 atom stereocenters. The van der Waals surface area contributed by atoms with Crippen molar-refractivity contribution in [2.75, 3.05) is 7.05 Å². The number of nitro groups is 1. The van der Waals surface area contributed by atoms with Crippen molar-refractivity contribution in [3.8, 4) is 0 Å². The molecule has 1 aromatic carbocycles. The maximum absolute atomic E-state index is 10.7. The first-order valence-electron chi connectivity index (χ1n) is 6.36. The van der Waals surface area contributed by atoms with Crippen LogP contribution in [0.1, 0.15) is 25.5 Å². The Morgan fingerprint density at radius 3 is 2.55 bits per heavy atom. The van der Waals surface area contributed by atoms with Gasteiger partial charge in [-0.3, -0.25) is 19.9 Å². The molecule has 0 radical (unpaired) electrons. The second kappa shape index (κ2) is 4.63. The number of nitrogens with zero attached hydrogens (tertiary/aromatic N) is 4. The van der Waals surface area contributed by atoms with Gasteiger partial charge in [0.1, 0.15) is 0 Å². The van der Waals surface area contributed by atoms with Crippen LogP contribution in [-0.2, 0) is 0 Å². The van der Waals surface area contributed by atoms with E-state index >= 15 is 0 Å². The molecular formula is C13H15N4O2P. The lowest BCUT2D eigenvalue weighted by molar-refractivity contribution is -0.384. The lowest BCUT2D eigenvalue weighted by atomic mass is 10.0. The molecule has 3 unspecified atom stereocenters. The Balaban J connectivity index is 1.95. The number of aliphatic imine (C=N–C) groups is 1. The van der Waals surface area contributed by atoms with E-state index in [1.54, 1.807) is 12.1 Å². The van der Waals surface area contributed by atoms with Crippen LogP contribution < -0.4 is 0 Å². The number of nitro benzene ring substituents is 1. The van der Waals surface area contributed by atoms with Crippen molar-refractivity contribution in [3.05, 3.63) is 39.9 Å². The van der Waals surface area contributed by atoms with Gasteiger partial charge in [0, 0.05) is 24.9 Å². The number of hydrazone groups is 1. The van der Waals surface area contributed by atoms with Crippen LogP contribution in [0.5, 0.6) is 0 Å². The smallest absolute Gasteiger partial charge is 0.269 e. The maximum Gasteiger partial charge on any atom is 0.269 e. The highest BCUT2D eigenvalue weighted by atomic mass is 31.1. The predicted molar refractivity (Wildman–Crippen MR) is 80.5 cm³/mol. The van der Waals surface area contributed by atoms with Gasteiger partial charge in [0.2, 0.25) is 0 Å². The fourth-order valence-corrected chi connectivity index (χ4v) is 5.42. The van der Waals surface area contributed by atoms with Crippen molar-refractivity contribution in [2.45, 2.75) is 25.5 Å². The van der Waals surface area contributed by atoms with Gasteiger partial charge in [-0.05, 0) is 19.4 Å². The summed E-state index contributed by atoms with van der Waals surface area (Å²) in [6.07, 6.45) is 0. The standard InChI is InChI=1S/C13H15N4O2P/c1-8-13-12(14-9(2)20(13)16(3)15-8)10-4-6-11(7-5-10)17(18)19/h4-7,12-13H,1-3H3. The molecule has 6 nitrogen and oxygen atoms in total. The Morgan fingerprint density at radius 1 is 1.30 bits per heavy atom. The molecule has 2 aliphatic heterocycles. The van der Waals surface area contributed by atoms with Crippen LogP contribution in [-0.4, -0.2) is 33.6 Å². The quantitative estimate of drug-likeness (QED) is 0.477. The van der Waals surface area contributed by atoms with Gasteiger partial charge in [0.05, 0.1) is 30.1 Å². The first-order chi connectivity index (χ1) is 9.49. The van der Waals surface area contributed by atoms with Gasteiger partial charge in [0.25, 0.3) is 5.69 Å². The molecule has 0 aromatic heterocycles. The summed E-state index contributed by atoms with van der Waals surface area (Å²) in [4.78, 5) is 15.1. The van der Waals surface area contributed by atoms with Crippen molar-refractivity contribution >= 4 is 24.9 Å². The molecule has 2 aliphatic rings. The van der Waals surface area contributed by atoms with E-state index < -0.39 is 8.07 Å². The van der Waals surface area contributed by atoms with Gasteiger partial charge in [-0.15, -0.1) is 0 Å². The predicted octanol–water partition coefficient (Wildman–Crippen LogP) is 3.15. The molecule has 0 saturated carbocycles. The molecule has 0 aliphatic carbocycles. The number of hydrogen-bond donors (Lipinski definition) is 0. The molecule has 3 rings (SSSR count). The number of fused-ring (bicyclic) bond motifs is 1. The largest absolute Gasteiger partial charge is 0.278 e. The number of rotatable bonds is 2. The molecule has 0 N–H and O–H groups in total. The Hall–Kier alpha value is -1.81. The number of non-ortho nitro benzene ring substituents is 1. The molecule has 1 aromatic rings. The topological polar surface area (TPSA) is 71.1 Å². The number of hydrogen-bond acceptors (Lipinski definition) is 5. The van der Waals surface area contributed by atoms with Gasteiger partial charge in [-0.2, -0.15) is 5.10 Å². The maximum atomic E-state index is 10.7. The molecule has 0 saturated heterocycles. The summed E-state index contributed by atoms with van der Waals surface area (Å²) in [6.45, 7) is 4.09. The summed E-state index contributed by atoms with van der Waals surface area (Å²) >= 11 is 0. The third-order valence-corrected chi connectivity index (χ3v) is 6.38. The summed E-state index contributed by atoms with van der Waals surface area (Å²) < 4.78 is 2.03. The average Bonchev–Trinajstić information content (AvgIpc) is 2.90. The summed E-state index contributed by atoms with van der Waals surface area (Å²) in [7, 11) is 1.50. The summed E-state index contributed by atoms with van der Waals surface area (Å²) in [5, 5.41) is 15.3. The van der Waals surface area contributed by atoms with E-state index in [2.05, 4.69) is 12.0 Å². The summed E-state index contributed by atoms with van der Waals surface area (Å²) in [5.41, 5.74) is 3.67. The second-order valence-electron chi connectivity index (χ2n) is 4.99. The van der Waals surface area contributed by atoms with Crippen LogP contribution in [0.3, 0.4) is 0 Å². The zero-order valence-electron chi connectivity index (χ0n) is 11.5. The second-order valence-corrected chi connectivity index (χ2v) is 7.46. The van der Waals surface area contributed by atoms with E-state index in [9.17, 15) is 10.1 Å². The highest BCUT2D eigenvalue weighted by Crippen LogP contribution is 2.60. The Bertz CT molecular complexity index is 626. The van der Waals surface area contributed by atoms with Gasteiger partial charge < -0.3 is 0 Å². The fourth-order valence-electron chi connectivity index (χ4n) is 2.85. The van der Waals surface area contributed by atoms with Crippen molar-refractivity contribution in [2.24, 2.45) is 10.1 Å². The third-order valence-electron chi connectivity index (χ3n) is 3.71. The zero-order chi connectivity index (χ0) is 14.4. The number of benzene rings is 1. The summed E-state index contributed by atoms with van der Waals surface area (Å²) in [6, 6.07) is 6.75. The van der Waals surface area contributed by atoms with Crippen LogP contribution in [0, 0.1) is 10.1 Å². The third kappa shape index (κ3) is 1.91. The van der Waals surface area contributed by atoms with E-state index in [-0.39, 0.29) is 16.7 Å². The van der Waals surface area contributed by atoms with Crippen LogP contribution in [0.4, 0.5) is 5.69 Å². The van der Waals surface area contributed by atoms with Crippen LogP contribution in [0.15, 0.2) is 34.4 Å². The van der Waals surface area contributed by atoms with Gasteiger partial charge in [-0.1, -0.05) is 12.1 Å². The van der Waals surface area contributed by atoms with E-state index in [4.69, 9.17) is 4.99 Å². The minimum atomic E-state index is -0.492. The van der Waals surface area contributed by atoms with E-state index in [0.29, 0.717) is 5.66 Å². The Labute approximate surface area is 118 Å². The van der Waals surface area contributed by atoms with Crippen LogP contribution in [0.2, 0.25) is 0 Å². The first-order valence-corrected chi connectivity index (χ1v) is 7.72. The van der Waals surface area contributed by atoms with Gasteiger partial charge in [-0.25, -0.2) is 0 Å². The molecule has 20 heavy (non-hydrogen) atoms. The molecule has 0 bridgehead atoms. The van der Waals surface area contributed by atoms with Gasteiger partial charge >= 0.3 is 0 Å². The van der Waals surface area contributed by atoms with Crippen molar-refractivity contribution < 1.29 is 4.92 Å². The normalized spacial score (nSPS) is 28.1. The lowest BCUT2D eigenvalue weighted by Gasteiger charge is -2.20. The van der Waals surface area contributed by atoms with E-state index in [0.717, 1.165) is 16.7 Å². The highest BCUT2D eigenvalue weighted by Gasteiger charge is 2.45. The highest BCUT2D eigenvalue weighted by molar-refractivity contribution is 7.75. The SMILES string of the molecule is CC1=NN(C)P2C(C)=NC(c3ccc([N+](=O)[O-])cc3)C12. The van der Waals surface area contributed by atoms with Crippen LogP contribution in [0.25, 0.3) is 0 Å². The first kappa shape index (κ1) is 13.2.